The van der Waals surface area contributed by atoms with Gasteiger partial charge in [0.2, 0.25) is 0 Å². The highest BCUT2D eigenvalue weighted by atomic mass is 16.5. The first-order valence-corrected chi connectivity index (χ1v) is 15.3. The normalized spacial score (nSPS) is 13.2. The van der Waals surface area contributed by atoms with Gasteiger partial charge in [0.1, 0.15) is 0 Å². The predicted octanol–water partition coefficient (Wildman–Crippen LogP) is 10.8. The lowest BCUT2D eigenvalue weighted by Gasteiger charge is -2.18. The molecular weight excluding hydrogens is 404 g/mol. The topological polar surface area (TPSA) is 26.3 Å². The van der Waals surface area contributed by atoms with E-state index < -0.39 is 0 Å². The van der Waals surface area contributed by atoms with Crippen LogP contribution in [0.2, 0.25) is 0 Å². The average molecular weight is 467 g/mol. The number of ether oxygens (including phenoxy) is 1. The molecule has 0 fully saturated rings. The third-order valence-corrected chi connectivity index (χ3v) is 7.29. The fourth-order valence-corrected chi connectivity index (χ4v) is 4.77. The molecule has 0 aromatic carbocycles. The third-order valence-electron chi connectivity index (χ3n) is 7.29. The predicted molar refractivity (Wildman–Crippen MR) is 147 cm³/mol. The van der Waals surface area contributed by atoms with Crippen LogP contribution in [-0.4, -0.2) is 12.6 Å². The molecule has 198 valence electrons. The van der Waals surface area contributed by atoms with Crippen LogP contribution in [0.15, 0.2) is 0 Å². The molecule has 0 aliphatic carbocycles. The van der Waals surface area contributed by atoms with Gasteiger partial charge in [-0.25, -0.2) is 0 Å². The summed E-state index contributed by atoms with van der Waals surface area (Å²) in [4.78, 5) is 12.4. The van der Waals surface area contributed by atoms with E-state index in [-0.39, 0.29) is 11.9 Å². The molecule has 0 aliphatic heterocycles. The SMILES string of the molecule is CCCCCCCCCCCCCCC(CCCC)COC(=O)C(C)CCCCCCCC. The van der Waals surface area contributed by atoms with Crippen LogP contribution < -0.4 is 0 Å². The number of carbonyl (C=O) groups is 1. The summed E-state index contributed by atoms with van der Waals surface area (Å²) in [6, 6.07) is 0. The summed E-state index contributed by atoms with van der Waals surface area (Å²) in [5.74, 6) is 0.674. The van der Waals surface area contributed by atoms with Gasteiger partial charge in [-0.3, -0.25) is 4.79 Å². The fourth-order valence-electron chi connectivity index (χ4n) is 4.77. The monoisotopic (exact) mass is 466 g/mol. The zero-order valence-corrected chi connectivity index (χ0v) is 23.4. The smallest absolute Gasteiger partial charge is 0.308 e. The van der Waals surface area contributed by atoms with E-state index in [1.54, 1.807) is 0 Å². The summed E-state index contributed by atoms with van der Waals surface area (Å²) < 4.78 is 5.78. The van der Waals surface area contributed by atoms with E-state index in [1.165, 1.54) is 135 Å². The molecule has 2 atom stereocenters. The molecule has 0 saturated heterocycles. The van der Waals surface area contributed by atoms with Gasteiger partial charge in [0.25, 0.3) is 0 Å². The minimum absolute atomic E-state index is 0.0414. The molecule has 2 heteroatoms. The van der Waals surface area contributed by atoms with Gasteiger partial charge in [-0.05, 0) is 25.2 Å². The van der Waals surface area contributed by atoms with Crippen molar-refractivity contribution in [3.63, 3.8) is 0 Å². The van der Waals surface area contributed by atoms with Gasteiger partial charge in [-0.15, -0.1) is 0 Å². The molecule has 0 amide bonds. The Labute approximate surface area is 209 Å². The van der Waals surface area contributed by atoms with Crippen molar-refractivity contribution in [1.29, 1.82) is 0 Å². The molecule has 0 bridgehead atoms. The van der Waals surface area contributed by atoms with E-state index >= 15 is 0 Å². The van der Waals surface area contributed by atoms with E-state index in [4.69, 9.17) is 4.74 Å². The maximum atomic E-state index is 12.4. The third kappa shape index (κ3) is 23.0. The number of carbonyl (C=O) groups excluding carboxylic acids is 1. The second-order valence-corrected chi connectivity index (χ2v) is 10.8. The number of unbranched alkanes of at least 4 members (excludes halogenated alkanes) is 17. The molecule has 0 aromatic rings. The Morgan fingerprint density at radius 2 is 0.879 bits per heavy atom. The molecule has 0 radical (unpaired) electrons. The number of esters is 1. The Kier molecular flexibility index (Phi) is 25.7. The molecule has 2 nitrogen and oxygen atoms in total. The van der Waals surface area contributed by atoms with Crippen LogP contribution >= 0.6 is 0 Å². The molecule has 0 spiro atoms. The van der Waals surface area contributed by atoms with Gasteiger partial charge >= 0.3 is 5.97 Å². The molecule has 0 aromatic heterocycles. The van der Waals surface area contributed by atoms with Gasteiger partial charge in [0, 0.05) is 0 Å². The van der Waals surface area contributed by atoms with Crippen LogP contribution in [0.3, 0.4) is 0 Å². The number of hydrogen-bond acceptors (Lipinski definition) is 2. The molecule has 0 N–H and O–H groups in total. The first-order chi connectivity index (χ1) is 16.2. The summed E-state index contributed by atoms with van der Waals surface area (Å²) in [5.41, 5.74) is 0. The number of rotatable bonds is 26. The average Bonchev–Trinajstić information content (AvgIpc) is 2.82. The van der Waals surface area contributed by atoms with Crippen molar-refractivity contribution in [3.8, 4) is 0 Å². The highest BCUT2D eigenvalue weighted by Gasteiger charge is 2.17. The lowest BCUT2D eigenvalue weighted by atomic mass is 9.95. The van der Waals surface area contributed by atoms with Crippen LogP contribution in [0.5, 0.6) is 0 Å². The van der Waals surface area contributed by atoms with E-state index in [2.05, 4.69) is 27.7 Å². The van der Waals surface area contributed by atoms with Crippen molar-refractivity contribution in [1.82, 2.24) is 0 Å². The Hall–Kier alpha value is -0.530. The standard InChI is InChI=1S/C31H62O2/c1-5-8-11-13-15-16-17-18-19-20-22-24-27-30(26-10-7-3)28-33-31(32)29(4)25-23-21-14-12-9-6-2/h29-30H,5-28H2,1-4H3. The van der Waals surface area contributed by atoms with E-state index in [0.717, 1.165) is 12.8 Å². The molecular formula is C31H62O2. The van der Waals surface area contributed by atoms with Crippen LogP contribution in [0, 0.1) is 11.8 Å². The Morgan fingerprint density at radius 1 is 0.515 bits per heavy atom. The number of hydrogen-bond donors (Lipinski definition) is 0. The van der Waals surface area contributed by atoms with E-state index in [0.29, 0.717) is 12.5 Å². The van der Waals surface area contributed by atoms with Gasteiger partial charge in [-0.2, -0.15) is 0 Å². The summed E-state index contributed by atoms with van der Waals surface area (Å²) in [5, 5.41) is 0. The summed E-state index contributed by atoms with van der Waals surface area (Å²) >= 11 is 0. The lowest BCUT2D eigenvalue weighted by Crippen LogP contribution is -2.19. The molecule has 0 rings (SSSR count). The van der Waals surface area contributed by atoms with Crippen LogP contribution in [-0.2, 0) is 9.53 Å². The highest BCUT2D eigenvalue weighted by Crippen LogP contribution is 2.20. The van der Waals surface area contributed by atoms with E-state index in [1.807, 2.05) is 0 Å². The Bertz CT molecular complexity index is 392. The lowest BCUT2D eigenvalue weighted by molar-refractivity contribution is -0.149. The first kappa shape index (κ1) is 32.5. The first-order valence-electron chi connectivity index (χ1n) is 15.3. The van der Waals surface area contributed by atoms with Gasteiger partial charge in [0.05, 0.1) is 12.5 Å². The van der Waals surface area contributed by atoms with Crippen molar-refractivity contribution in [3.05, 3.63) is 0 Å². The van der Waals surface area contributed by atoms with Gasteiger partial charge in [-0.1, -0.05) is 156 Å². The molecule has 2 unspecified atom stereocenters. The van der Waals surface area contributed by atoms with Crippen molar-refractivity contribution >= 4 is 5.97 Å². The quantitative estimate of drug-likeness (QED) is 0.0935. The molecule has 33 heavy (non-hydrogen) atoms. The van der Waals surface area contributed by atoms with Gasteiger partial charge < -0.3 is 4.74 Å². The van der Waals surface area contributed by atoms with E-state index in [9.17, 15) is 4.79 Å². The van der Waals surface area contributed by atoms with Crippen LogP contribution in [0.1, 0.15) is 175 Å². The molecule has 0 saturated carbocycles. The molecule has 0 heterocycles. The maximum absolute atomic E-state index is 12.4. The minimum atomic E-state index is 0.0414. The van der Waals surface area contributed by atoms with Crippen molar-refractivity contribution in [2.45, 2.75) is 175 Å². The highest BCUT2D eigenvalue weighted by molar-refractivity contribution is 5.71. The summed E-state index contributed by atoms with van der Waals surface area (Å²) in [7, 11) is 0. The maximum Gasteiger partial charge on any atom is 0.308 e. The zero-order chi connectivity index (χ0) is 24.4. The fraction of sp³-hybridized carbons (Fsp3) is 0.968. The molecule has 0 aliphatic rings. The van der Waals surface area contributed by atoms with Crippen LogP contribution in [0.4, 0.5) is 0 Å². The largest absolute Gasteiger partial charge is 0.465 e. The van der Waals surface area contributed by atoms with Crippen molar-refractivity contribution in [2.24, 2.45) is 11.8 Å². The van der Waals surface area contributed by atoms with Gasteiger partial charge in [0.15, 0.2) is 0 Å². The Balaban J connectivity index is 3.81. The minimum Gasteiger partial charge on any atom is -0.465 e. The van der Waals surface area contributed by atoms with Crippen molar-refractivity contribution < 1.29 is 9.53 Å². The second kappa shape index (κ2) is 26.1. The Morgan fingerprint density at radius 3 is 1.33 bits per heavy atom. The summed E-state index contributed by atoms with van der Waals surface area (Å²) in [6.45, 7) is 9.51. The van der Waals surface area contributed by atoms with Crippen molar-refractivity contribution in [2.75, 3.05) is 6.61 Å². The summed E-state index contributed by atoms with van der Waals surface area (Å²) in [6.07, 6.45) is 30.4. The second-order valence-electron chi connectivity index (χ2n) is 10.8. The van der Waals surface area contributed by atoms with Crippen LogP contribution in [0.25, 0.3) is 0 Å². The zero-order valence-electron chi connectivity index (χ0n) is 23.4.